The Kier molecular flexibility index (Phi) is 6.38. The summed E-state index contributed by atoms with van der Waals surface area (Å²) in [6.07, 6.45) is 12.4. The van der Waals surface area contributed by atoms with Crippen molar-refractivity contribution in [2.24, 2.45) is 0 Å². The van der Waals surface area contributed by atoms with Gasteiger partial charge in [0.05, 0.1) is 30.3 Å². The number of anilines is 1. The lowest BCUT2D eigenvalue weighted by molar-refractivity contribution is 0.414. The topological polar surface area (TPSA) is 52.0 Å². The van der Waals surface area contributed by atoms with Gasteiger partial charge in [0.1, 0.15) is 11.6 Å². The second-order valence-corrected chi connectivity index (χ2v) is 8.67. The Balaban J connectivity index is 1.53. The van der Waals surface area contributed by atoms with Gasteiger partial charge in [-0.2, -0.15) is 5.10 Å². The third-order valence-electron chi connectivity index (χ3n) is 6.36. The van der Waals surface area contributed by atoms with E-state index in [1.54, 1.807) is 7.11 Å². The molecule has 1 N–H and O–H groups in total. The summed E-state index contributed by atoms with van der Waals surface area (Å²) < 4.78 is 7.39. The molecule has 0 aliphatic heterocycles. The SMILES string of the molecule is COc1ccc(Cn2nc(C=Cc3ccccc3)c3c(NC4CCCCC4)nccc32)cc1. The Labute approximate surface area is 195 Å². The molecule has 1 aliphatic carbocycles. The monoisotopic (exact) mass is 438 g/mol. The van der Waals surface area contributed by atoms with E-state index in [4.69, 9.17) is 14.8 Å². The van der Waals surface area contributed by atoms with Crippen LogP contribution in [0.1, 0.15) is 48.9 Å². The quantitative estimate of drug-likeness (QED) is 0.363. The lowest BCUT2D eigenvalue weighted by atomic mass is 9.95. The normalized spacial score (nSPS) is 14.7. The number of fused-ring (bicyclic) bond motifs is 1. The molecule has 5 rings (SSSR count). The van der Waals surface area contributed by atoms with Crippen LogP contribution in [0.3, 0.4) is 0 Å². The number of benzene rings is 2. The number of hydrogen-bond donors (Lipinski definition) is 1. The molecule has 33 heavy (non-hydrogen) atoms. The highest BCUT2D eigenvalue weighted by molar-refractivity contribution is 5.97. The van der Waals surface area contributed by atoms with E-state index in [1.807, 2.05) is 24.4 Å². The van der Waals surface area contributed by atoms with Gasteiger partial charge in [-0.25, -0.2) is 4.98 Å². The molecule has 2 aromatic heterocycles. The molecule has 4 aromatic rings. The van der Waals surface area contributed by atoms with Crippen LogP contribution in [0.25, 0.3) is 23.1 Å². The Morgan fingerprint density at radius 1 is 0.970 bits per heavy atom. The van der Waals surface area contributed by atoms with Gasteiger partial charge in [0.2, 0.25) is 0 Å². The molecular weight excluding hydrogens is 408 g/mol. The molecule has 0 saturated heterocycles. The molecule has 2 heterocycles. The second-order valence-electron chi connectivity index (χ2n) is 8.67. The maximum Gasteiger partial charge on any atom is 0.137 e. The van der Waals surface area contributed by atoms with Crippen molar-refractivity contribution in [3.63, 3.8) is 0 Å². The van der Waals surface area contributed by atoms with Gasteiger partial charge in [-0.15, -0.1) is 0 Å². The van der Waals surface area contributed by atoms with Crippen molar-refractivity contribution in [3.8, 4) is 5.75 Å². The average molecular weight is 439 g/mol. The number of hydrogen-bond acceptors (Lipinski definition) is 4. The number of methoxy groups -OCH3 is 1. The van der Waals surface area contributed by atoms with E-state index in [0.717, 1.165) is 33.7 Å². The van der Waals surface area contributed by atoms with Crippen LogP contribution in [-0.4, -0.2) is 27.9 Å². The summed E-state index contributed by atoms with van der Waals surface area (Å²) in [7, 11) is 1.69. The highest BCUT2D eigenvalue weighted by Gasteiger charge is 2.18. The van der Waals surface area contributed by atoms with E-state index in [-0.39, 0.29) is 0 Å². The molecule has 5 heteroatoms. The number of ether oxygens (including phenoxy) is 1. The van der Waals surface area contributed by atoms with E-state index in [0.29, 0.717) is 12.6 Å². The minimum absolute atomic E-state index is 0.479. The van der Waals surface area contributed by atoms with Gasteiger partial charge in [-0.05, 0) is 48.2 Å². The van der Waals surface area contributed by atoms with Crippen molar-refractivity contribution in [1.29, 1.82) is 0 Å². The number of nitrogens with one attached hydrogen (secondary N) is 1. The molecular formula is C28H30N4O. The number of rotatable bonds is 7. The Morgan fingerprint density at radius 2 is 1.76 bits per heavy atom. The molecule has 1 saturated carbocycles. The van der Waals surface area contributed by atoms with Crippen LogP contribution >= 0.6 is 0 Å². The van der Waals surface area contributed by atoms with Crippen LogP contribution in [-0.2, 0) is 6.54 Å². The molecule has 5 nitrogen and oxygen atoms in total. The predicted octanol–water partition coefficient (Wildman–Crippen LogP) is 6.40. The minimum atomic E-state index is 0.479. The van der Waals surface area contributed by atoms with E-state index < -0.39 is 0 Å². The van der Waals surface area contributed by atoms with Gasteiger partial charge in [-0.1, -0.05) is 67.8 Å². The largest absolute Gasteiger partial charge is 0.497 e. The van der Waals surface area contributed by atoms with Crippen LogP contribution in [0.5, 0.6) is 5.75 Å². The first kappa shape index (κ1) is 21.3. The van der Waals surface area contributed by atoms with Crippen molar-refractivity contribution >= 4 is 28.9 Å². The molecule has 0 spiro atoms. The van der Waals surface area contributed by atoms with Gasteiger partial charge in [0.25, 0.3) is 0 Å². The summed E-state index contributed by atoms with van der Waals surface area (Å²) in [5.41, 5.74) is 4.36. The van der Waals surface area contributed by atoms with E-state index in [2.05, 4.69) is 64.6 Å². The van der Waals surface area contributed by atoms with Crippen molar-refractivity contribution in [2.75, 3.05) is 12.4 Å². The Morgan fingerprint density at radius 3 is 2.52 bits per heavy atom. The van der Waals surface area contributed by atoms with Crippen LogP contribution < -0.4 is 10.1 Å². The standard InChI is InChI=1S/C28H30N4O/c1-33-24-15-12-22(13-16-24)20-32-26-18-19-29-28(30-23-10-6-3-7-11-23)27(26)25(31-32)17-14-21-8-4-2-5-9-21/h2,4-5,8-9,12-19,23H,3,6-7,10-11,20H2,1H3,(H,29,30). The summed E-state index contributed by atoms with van der Waals surface area (Å²) in [6.45, 7) is 0.687. The predicted molar refractivity (Wildman–Crippen MR) is 135 cm³/mol. The Bertz CT molecular complexity index is 1220. The summed E-state index contributed by atoms with van der Waals surface area (Å²) in [5, 5.41) is 9.84. The van der Waals surface area contributed by atoms with Gasteiger partial charge >= 0.3 is 0 Å². The zero-order valence-corrected chi connectivity index (χ0v) is 19.1. The molecule has 0 atom stereocenters. The van der Waals surface area contributed by atoms with E-state index in [1.165, 1.54) is 37.7 Å². The first-order valence-electron chi connectivity index (χ1n) is 11.8. The molecule has 0 bridgehead atoms. The minimum Gasteiger partial charge on any atom is -0.497 e. The smallest absolute Gasteiger partial charge is 0.137 e. The summed E-state index contributed by atoms with van der Waals surface area (Å²) >= 11 is 0. The lowest BCUT2D eigenvalue weighted by Gasteiger charge is -2.23. The summed E-state index contributed by atoms with van der Waals surface area (Å²) in [4.78, 5) is 4.74. The zero-order valence-electron chi connectivity index (χ0n) is 19.1. The second kappa shape index (κ2) is 9.90. The highest BCUT2D eigenvalue weighted by Crippen LogP contribution is 2.30. The maximum absolute atomic E-state index is 5.31. The molecule has 0 radical (unpaired) electrons. The fourth-order valence-electron chi connectivity index (χ4n) is 4.58. The van der Waals surface area contributed by atoms with E-state index >= 15 is 0 Å². The van der Waals surface area contributed by atoms with E-state index in [9.17, 15) is 0 Å². The fourth-order valence-corrected chi connectivity index (χ4v) is 4.58. The molecule has 1 aliphatic rings. The van der Waals surface area contributed by atoms with Gasteiger partial charge in [0.15, 0.2) is 0 Å². The molecule has 1 fully saturated rings. The first-order chi connectivity index (χ1) is 16.3. The third-order valence-corrected chi connectivity index (χ3v) is 6.36. The lowest BCUT2D eigenvalue weighted by Crippen LogP contribution is -2.22. The average Bonchev–Trinajstić information content (AvgIpc) is 3.23. The van der Waals surface area contributed by atoms with Crippen molar-refractivity contribution in [3.05, 3.63) is 83.7 Å². The van der Waals surface area contributed by atoms with Gasteiger partial charge in [-0.3, -0.25) is 4.68 Å². The maximum atomic E-state index is 5.31. The summed E-state index contributed by atoms with van der Waals surface area (Å²) in [6, 6.07) is 21.1. The number of pyridine rings is 1. The zero-order chi connectivity index (χ0) is 22.5. The van der Waals surface area contributed by atoms with Crippen LogP contribution in [0, 0.1) is 0 Å². The van der Waals surface area contributed by atoms with Crippen LogP contribution in [0.15, 0.2) is 66.9 Å². The van der Waals surface area contributed by atoms with Gasteiger partial charge < -0.3 is 10.1 Å². The van der Waals surface area contributed by atoms with Crippen molar-refractivity contribution in [2.45, 2.75) is 44.7 Å². The molecule has 168 valence electrons. The third kappa shape index (κ3) is 4.92. The number of nitrogens with zero attached hydrogens (tertiary/aromatic N) is 3. The van der Waals surface area contributed by atoms with Crippen molar-refractivity contribution in [1.82, 2.24) is 14.8 Å². The Hall–Kier alpha value is -3.60. The fraction of sp³-hybridized carbons (Fsp3) is 0.286. The van der Waals surface area contributed by atoms with Gasteiger partial charge in [0, 0.05) is 12.2 Å². The molecule has 0 unspecified atom stereocenters. The van der Waals surface area contributed by atoms with Crippen LogP contribution in [0.2, 0.25) is 0 Å². The number of aromatic nitrogens is 3. The first-order valence-corrected chi connectivity index (χ1v) is 11.8. The molecule has 2 aromatic carbocycles. The molecule has 0 amide bonds. The van der Waals surface area contributed by atoms with Crippen molar-refractivity contribution < 1.29 is 4.74 Å². The summed E-state index contributed by atoms with van der Waals surface area (Å²) in [5.74, 6) is 1.80. The van der Waals surface area contributed by atoms with Crippen LogP contribution in [0.4, 0.5) is 5.82 Å². The highest BCUT2D eigenvalue weighted by atomic mass is 16.5.